The largest absolute Gasteiger partial charge is 0.468 e. The van der Waals surface area contributed by atoms with Gasteiger partial charge in [-0.15, -0.1) is 0 Å². The summed E-state index contributed by atoms with van der Waals surface area (Å²) >= 11 is 0. The molecular weight excluding hydrogens is 236 g/mol. The van der Waals surface area contributed by atoms with Crippen molar-refractivity contribution in [1.82, 2.24) is 10.2 Å². The van der Waals surface area contributed by atoms with Crippen LogP contribution in [-0.4, -0.2) is 23.0 Å². The Kier molecular flexibility index (Phi) is 5.22. The number of hydrogen-bond acceptors (Lipinski definition) is 3. The lowest BCUT2D eigenvalue weighted by Gasteiger charge is -2.34. The highest BCUT2D eigenvalue weighted by molar-refractivity contribution is 5.13. The molecule has 1 heterocycles. The molecule has 0 aliphatic rings. The first kappa shape index (κ1) is 16.3. The second-order valence-electron chi connectivity index (χ2n) is 7.05. The van der Waals surface area contributed by atoms with Crippen molar-refractivity contribution in [3.8, 4) is 0 Å². The molecular formula is C16H30N2O. The van der Waals surface area contributed by atoms with Gasteiger partial charge in [0.2, 0.25) is 0 Å². The predicted molar refractivity (Wildman–Crippen MR) is 81.1 cm³/mol. The van der Waals surface area contributed by atoms with Gasteiger partial charge in [0.1, 0.15) is 5.76 Å². The maximum Gasteiger partial charge on any atom is 0.118 e. The lowest BCUT2D eigenvalue weighted by atomic mass is 10.00. The van der Waals surface area contributed by atoms with Gasteiger partial charge in [-0.2, -0.15) is 0 Å². The SMILES string of the molecule is CCC(C)(C)N(C)Cc1cc(CNC(C)(C)C)co1. The fourth-order valence-corrected chi connectivity index (χ4v) is 1.69. The van der Waals surface area contributed by atoms with Crippen molar-refractivity contribution in [3.63, 3.8) is 0 Å². The van der Waals surface area contributed by atoms with Crippen LogP contribution >= 0.6 is 0 Å². The maximum atomic E-state index is 5.66. The molecule has 0 spiro atoms. The van der Waals surface area contributed by atoms with E-state index in [1.165, 1.54) is 5.56 Å². The van der Waals surface area contributed by atoms with Crippen molar-refractivity contribution in [1.29, 1.82) is 0 Å². The maximum absolute atomic E-state index is 5.66. The van der Waals surface area contributed by atoms with Crippen LogP contribution in [0.3, 0.4) is 0 Å². The van der Waals surface area contributed by atoms with Gasteiger partial charge in [0.05, 0.1) is 12.8 Å². The molecule has 0 saturated heterocycles. The lowest BCUT2D eigenvalue weighted by Crippen LogP contribution is -2.39. The van der Waals surface area contributed by atoms with Gasteiger partial charge in [-0.3, -0.25) is 4.90 Å². The summed E-state index contributed by atoms with van der Waals surface area (Å²) in [6.45, 7) is 15.0. The average molecular weight is 266 g/mol. The quantitative estimate of drug-likeness (QED) is 0.849. The van der Waals surface area contributed by atoms with E-state index in [1.54, 1.807) is 0 Å². The molecule has 0 atom stereocenters. The first-order chi connectivity index (χ1) is 8.64. The van der Waals surface area contributed by atoms with Crippen molar-refractivity contribution in [2.24, 2.45) is 0 Å². The molecule has 1 N–H and O–H groups in total. The van der Waals surface area contributed by atoms with E-state index in [4.69, 9.17) is 4.42 Å². The Morgan fingerprint density at radius 1 is 1.21 bits per heavy atom. The molecule has 0 aromatic carbocycles. The van der Waals surface area contributed by atoms with Gasteiger partial charge >= 0.3 is 0 Å². The number of rotatable bonds is 6. The van der Waals surface area contributed by atoms with Crippen molar-refractivity contribution in [2.45, 2.75) is 72.1 Å². The van der Waals surface area contributed by atoms with E-state index in [0.717, 1.165) is 25.3 Å². The zero-order valence-corrected chi connectivity index (χ0v) is 13.6. The van der Waals surface area contributed by atoms with Crippen molar-refractivity contribution < 1.29 is 4.42 Å². The summed E-state index contributed by atoms with van der Waals surface area (Å²) in [5.41, 5.74) is 1.56. The molecule has 19 heavy (non-hydrogen) atoms. The second kappa shape index (κ2) is 6.10. The van der Waals surface area contributed by atoms with Gasteiger partial charge in [0.15, 0.2) is 0 Å². The fraction of sp³-hybridized carbons (Fsp3) is 0.750. The number of nitrogens with one attached hydrogen (secondary N) is 1. The van der Waals surface area contributed by atoms with Gasteiger partial charge in [-0.1, -0.05) is 6.92 Å². The highest BCUT2D eigenvalue weighted by Crippen LogP contribution is 2.20. The van der Waals surface area contributed by atoms with E-state index >= 15 is 0 Å². The smallest absolute Gasteiger partial charge is 0.118 e. The molecule has 1 rings (SSSR count). The Morgan fingerprint density at radius 2 is 1.84 bits per heavy atom. The summed E-state index contributed by atoms with van der Waals surface area (Å²) in [4.78, 5) is 2.34. The first-order valence-electron chi connectivity index (χ1n) is 7.16. The molecule has 0 fully saturated rings. The number of hydrogen-bond donors (Lipinski definition) is 1. The van der Waals surface area contributed by atoms with Crippen LogP contribution in [0.4, 0.5) is 0 Å². The van der Waals surface area contributed by atoms with Crippen molar-refractivity contribution in [3.05, 3.63) is 23.7 Å². The Balaban J connectivity index is 2.56. The van der Waals surface area contributed by atoms with Crippen LogP contribution in [0, 0.1) is 0 Å². The van der Waals surface area contributed by atoms with E-state index in [2.05, 4.69) is 64.9 Å². The van der Waals surface area contributed by atoms with E-state index in [1.807, 2.05) is 6.26 Å². The minimum Gasteiger partial charge on any atom is -0.468 e. The minimum atomic E-state index is 0.137. The molecule has 0 aliphatic heterocycles. The Labute approximate surface area is 118 Å². The molecule has 1 aromatic heterocycles. The molecule has 1 aromatic rings. The van der Waals surface area contributed by atoms with Crippen molar-refractivity contribution in [2.75, 3.05) is 7.05 Å². The minimum absolute atomic E-state index is 0.137. The molecule has 0 bridgehead atoms. The van der Waals surface area contributed by atoms with Gasteiger partial charge in [-0.25, -0.2) is 0 Å². The van der Waals surface area contributed by atoms with E-state index < -0.39 is 0 Å². The third-order valence-corrected chi connectivity index (χ3v) is 3.82. The fourth-order valence-electron chi connectivity index (χ4n) is 1.69. The van der Waals surface area contributed by atoms with Crippen LogP contribution in [0.2, 0.25) is 0 Å². The molecule has 110 valence electrons. The summed E-state index contributed by atoms with van der Waals surface area (Å²) in [5.74, 6) is 1.04. The molecule has 0 saturated carbocycles. The van der Waals surface area contributed by atoms with Gasteiger partial charge < -0.3 is 9.73 Å². The Morgan fingerprint density at radius 3 is 2.37 bits per heavy atom. The molecule has 3 nitrogen and oxygen atoms in total. The zero-order valence-electron chi connectivity index (χ0n) is 13.6. The van der Waals surface area contributed by atoms with Crippen LogP contribution in [0.25, 0.3) is 0 Å². The highest BCUT2D eigenvalue weighted by atomic mass is 16.3. The zero-order chi connectivity index (χ0) is 14.7. The van der Waals surface area contributed by atoms with Crippen molar-refractivity contribution >= 4 is 0 Å². The Bertz CT molecular complexity index is 388. The molecule has 0 radical (unpaired) electrons. The standard InChI is InChI=1S/C16H30N2O/c1-8-16(5,6)18(7)11-14-9-13(12-19-14)10-17-15(2,3)4/h9,12,17H,8,10-11H2,1-7H3. The number of furan rings is 1. The van der Waals surface area contributed by atoms with Crippen LogP contribution in [0.15, 0.2) is 16.7 Å². The normalized spacial score (nSPS) is 13.3. The van der Waals surface area contributed by atoms with Crippen LogP contribution in [0.1, 0.15) is 59.3 Å². The molecule has 0 amide bonds. The molecule has 0 aliphatic carbocycles. The van der Waals surface area contributed by atoms with Gasteiger partial charge in [0, 0.05) is 23.2 Å². The van der Waals surface area contributed by atoms with E-state index in [9.17, 15) is 0 Å². The second-order valence-corrected chi connectivity index (χ2v) is 7.05. The summed E-state index contributed by atoms with van der Waals surface area (Å²) < 4.78 is 5.66. The monoisotopic (exact) mass is 266 g/mol. The third kappa shape index (κ3) is 5.37. The van der Waals surface area contributed by atoms with Gasteiger partial charge in [-0.05, 0) is 54.2 Å². The van der Waals surface area contributed by atoms with Crippen LogP contribution in [-0.2, 0) is 13.1 Å². The predicted octanol–water partition coefficient (Wildman–Crippen LogP) is 3.79. The first-order valence-corrected chi connectivity index (χ1v) is 7.16. The Hall–Kier alpha value is -0.800. The average Bonchev–Trinajstić information content (AvgIpc) is 2.73. The van der Waals surface area contributed by atoms with Crippen LogP contribution < -0.4 is 5.32 Å². The summed E-state index contributed by atoms with van der Waals surface area (Å²) in [6.07, 6.45) is 2.99. The van der Waals surface area contributed by atoms with Gasteiger partial charge in [0.25, 0.3) is 0 Å². The third-order valence-electron chi connectivity index (χ3n) is 3.82. The van der Waals surface area contributed by atoms with E-state index in [-0.39, 0.29) is 11.1 Å². The number of nitrogens with zero attached hydrogens (tertiary/aromatic N) is 1. The topological polar surface area (TPSA) is 28.4 Å². The molecule has 0 unspecified atom stereocenters. The highest BCUT2D eigenvalue weighted by Gasteiger charge is 2.22. The van der Waals surface area contributed by atoms with Crippen LogP contribution in [0.5, 0.6) is 0 Å². The lowest BCUT2D eigenvalue weighted by molar-refractivity contribution is 0.133. The molecule has 3 heteroatoms. The summed E-state index contributed by atoms with van der Waals surface area (Å²) in [7, 11) is 2.15. The summed E-state index contributed by atoms with van der Waals surface area (Å²) in [5, 5.41) is 3.47. The van der Waals surface area contributed by atoms with E-state index in [0.29, 0.717) is 0 Å². The summed E-state index contributed by atoms with van der Waals surface area (Å²) in [6, 6.07) is 2.15.